The maximum atomic E-state index is 14.3. The van der Waals surface area contributed by atoms with Gasteiger partial charge in [0.2, 0.25) is 0 Å². The maximum absolute atomic E-state index is 14.3. The third-order valence-corrected chi connectivity index (χ3v) is 3.78. The van der Waals surface area contributed by atoms with Crippen molar-refractivity contribution in [2.75, 3.05) is 7.11 Å². The first-order valence-corrected chi connectivity index (χ1v) is 7.90. The summed E-state index contributed by atoms with van der Waals surface area (Å²) in [6, 6.07) is 6.18. The van der Waals surface area contributed by atoms with E-state index in [4.69, 9.17) is 4.74 Å². The Morgan fingerprint density at radius 1 is 1.32 bits per heavy atom. The molecular formula is C18H19FN4O2. The average molecular weight is 342 g/mol. The van der Waals surface area contributed by atoms with Crippen molar-refractivity contribution < 1.29 is 13.9 Å². The highest BCUT2D eigenvalue weighted by Gasteiger charge is 2.18. The second kappa shape index (κ2) is 6.51. The fourth-order valence-electron chi connectivity index (χ4n) is 2.58. The first-order chi connectivity index (χ1) is 11.9. The van der Waals surface area contributed by atoms with Crippen molar-refractivity contribution in [2.24, 2.45) is 0 Å². The minimum atomic E-state index is -0.412. The van der Waals surface area contributed by atoms with E-state index >= 15 is 0 Å². The molecule has 0 saturated carbocycles. The van der Waals surface area contributed by atoms with E-state index in [1.54, 1.807) is 28.9 Å². The number of ether oxygens (including phenoxy) is 1. The molecule has 0 aliphatic carbocycles. The molecule has 130 valence electrons. The van der Waals surface area contributed by atoms with Gasteiger partial charge in [0.25, 0.3) is 5.91 Å². The molecule has 1 amide bonds. The van der Waals surface area contributed by atoms with Crippen molar-refractivity contribution >= 4 is 11.6 Å². The average Bonchev–Trinajstić information content (AvgIpc) is 2.99. The Bertz CT molecular complexity index is 950. The van der Waals surface area contributed by atoms with Gasteiger partial charge in [-0.15, -0.1) is 0 Å². The number of fused-ring (bicyclic) bond motifs is 1. The number of carbonyl (C=O) groups is 1. The number of halogens is 1. The lowest BCUT2D eigenvalue weighted by Gasteiger charge is -2.10. The molecule has 25 heavy (non-hydrogen) atoms. The molecule has 3 rings (SSSR count). The summed E-state index contributed by atoms with van der Waals surface area (Å²) in [7, 11) is 1.52. The number of carbonyl (C=O) groups excluding carboxylic acids is 1. The van der Waals surface area contributed by atoms with Crippen LogP contribution in [0.2, 0.25) is 0 Å². The molecule has 0 atom stereocenters. The lowest BCUT2D eigenvalue weighted by Crippen LogP contribution is -2.30. The van der Waals surface area contributed by atoms with Gasteiger partial charge in [-0.1, -0.05) is 0 Å². The largest absolute Gasteiger partial charge is 0.497 e. The van der Waals surface area contributed by atoms with E-state index in [1.807, 2.05) is 20.8 Å². The molecule has 0 bridgehead atoms. The van der Waals surface area contributed by atoms with Crippen molar-refractivity contribution in [3.8, 4) is 17.0 Å². The Kier molecular flexibility index (Phi) is 4.39. The standard InChI is InChI=1S/C18H19FN4O2/c1-10(2)21-18(24)16-17-22-15(7-11(3)23(17)9-20-16)13-8-12(25-4)5-6-14(13)19/h5-10H,1-4H3,(H,21,24). The number of methoxy groups -OCH3 is 1. The second-order valence-electron chi connectivity index (χ2n) is 6.04. The summed E-state index contributed by atoms with van der Waals surface area (Å²) < 4.78 is 21.2. The fraction of sp³-hybridized carbons (Fsp3) is 0.278. The van der Waals surface area contributed by atoms with Gasteiger partial charge in [0.05, 0.1) is 12.8 Å². The molecule has 1 aromatic carbocycles. The summed E-state index contributed by atoms with van der Waals surface area (Å²) in [5.41, 5.74) is 2.11. The predicted octanol–water partition coefficient (Wildman–Crippen LogP) is 2.99. The van der Waals surface area contributed by atoms with Crippen molar-refractivity contribution in [1.29, 1.82) is 0 Å². The van der Waals surface area contributed by atoms with Gasteiger partial charge in [-0.05, 0) is 45.0 Å². The van der Waals surface area contributed by atoms with E-state index in [0.717, 1.165) is 5.69 Å². The minimum absolute atomic E-state index is 0.0237. The van der Waals surface area contributed by atoms with Gasteiger partial charge >= 0.3 is 0 Å². The van der Waals surface area contributed by atoms with Gasteiger partial charge in [0, 0.05) is 17.3 Å². The Hall–Kier alpha value is -2.96. The van der Waals surface area contributed by atoms with Crippen LogP contribution in [0.4, 0.5) is 4.39 Å². The molecule has 1 N–H and O–H groups in total. The van der Waals surface area contributed by atoms with Gasteiger partial charge < -0.3 is 10.1 Å². The van der Waals surface area contributed by atoms with Crippen LogP contribution in [0.5, 0.6) is 5.75 Å². The van der Waals surface area contributed by atoms with E-state index in [0.29, 0.717) is 22.7 Å². The van der Waals surface area contributed by atoms with Gasteiger partial charge in [-0.25, -0.2) is 14.4 Å². The molecule has 2 aromatic heterocycles. The lowest BCUT2D eigenvalue weighted by atomic mass is 10.1. The number of hydrogen-bond acceptors (Lipinski definition) is 4. The third kappa shape index (κ3) is 3.17. The van der Waals surface area contributed by atoms with Gasteiger partial charge in [0.1, 0.15) is 17.9 Å². The van der Waals surface area contributed by atoms with Crippen LogP contribution in [0.1, 0.15) is 30.0 Å². The first kappa shape index (κ1) is 16.9. The predicted molar refractivity (Wildman–Crippen MR) is 92.3 cm³/mol. The Morgan fingerprint density at radius 2 is 2.08 bits per heavy atom. The monoisotopic (exact) mass is 342 g/mol. The number of imidazole rings is 1. The van der Waals surface area contributed by atoms with Gasteiger partial charge in [-0.2, -0.15) is 0 Å². The number of aryl methyl sites for hydroxylation is 1. The molecule has 2 heterocycles. The summed E-state index contributed by atoms with van der Waals surface area (Å²) in [4.78, 5) is 21.0. The summed E-state index contributed by atoms with van der Waals surface area (Å²) in [6.45, 7) is 5.58. The van der Waals surface area contributed by atoms with Crippen molar-refractivity contribution in [2.45, 2.75) is 26.8 Å². The maximum Gasteiger partial charge on any atom is 0.274 e. The molecule has 0 unspecified atom stereocenters. The van der Waals surface area contributed by atoms with Crippen LogP contribution < -0.4 is 10.1 Å². The molecule has 0 aliphatic heterocycles. The Labute approximate surface area is 144 Å². The molecule has 3 aromatic rings. The smallest absolute Gasteiger partial charge is 0.274 e. The number of hydrogen-bond donors (Lipinski definition) is 1. The van der Waals surface area contributed by atoms with Gasteiger partial charge in [-0.3, -0.25) is 9.20 Å². The number of nitrogens with zero attached hydrogens (tertiary/aromatic N) is 3. The van der Waals surface area contributed by atoms with Gasteiger partial charge in [0.15, 0.2) is 11.3 Å². The van der Waals surface area contributed by atoms with Crippen LogP contribution >= 0.6 is 0 Å². The van der Waals surface area contributed by atoms with Crippen molar-refractivity contribution in [3.05, 3.63) is 47.8 Å². The zero-order valence-electron chi connectivity index (χ0n) is 14.5. The molecule has 7 heteroatoms. The lowest BCUT2D eigenvalue weighted by molar-refractivity contribution is 0.0940. The van der Waals surface area contributed by atoms with Crippen LogP contribution in [0.3, 0.4) is 0 Å². The van der Waals surface area contributed by atoms with Crippen LogP contribution in [0.15, 0.2) is 30.6 Å². The molecule has 0 saturated heterocycles. The normalized spacial score (nSPS) is 11.1. The summed E-state index contributed by atoms with van der Waals surface area (Å²) in [5, 5.41) is 2.80. The number of nitrogens with one attached hydrogen (secondary N) is 1. The van der Waals surface area contributed by atoms with Crippen LogP contribution in [-0.2, 0) is 0 Å². The van der Waals surface area contributed by atoms with Crippen LogP contribution in [0, 0.1) is 12.7 Å². The molecule has 0 spiro atoms. The second-order valence-corrected chi connectivity index (χ2v) is 6.04. The van der Waals surface area contributed by atoms with Crippen LogP contribution in [-0.4, -0.2) is 33.4 Å². The topological polar surface area (TPSA) is 68.5 Å². The number of aromatic nitrogens is 3. The molecule has 6 nitrogen and oxygen atoms in total. The number of rotatable bonds is 4. The van der Waals surface area contributed by atoms with Crippen molar-refractivity contribution in [3.63, 3.8) is 0 Å². The highest BCUT2D eigenvalue weighted by atomic mass is 19.1. The molecular weight excluding hydrogens is 323 g/mol. The van der Waals surface area contributed by atoms with E-state index in [2.05, 4.69) is 15.3 Å². The Balaban J connectivity index is 2.17. The fourth-order valence-corrected chi connectivity index (χ4v) is 2.58. The quantitative estimate of drug-likeness (QED) is 0.791. The minimum Gasteiger partial charge on any atom is -0.497 e. The van der Waals surface area contributed by atoms with E-state index in [9.17, 15) is 9.18 Å². The summed E-state index contributed by atoms with van der Waals surface area (Å²) >= 11 is 0. The molecule has 0 fully saturated rings. The van der Waals surface area contributed by atoms with Crippen LogP contribution in [0.25, 0.3) is 16.9 Å². The summed E-state index contributed by atoms with van der Waals surface area (Å²) in [5.74, 6) is -0.195. The van der Waals surface area contributed by atoms with E-state index in [1.165, 1.54) is 13.2 Å². The zero-order chi connectivity index (χ0) is 18.1. The van der Waals surface area contributed by atoms with Crippen molar-refractivity contribution in [1.82, 2.24) is 19.7 Å². The first-order valence-electron chi connectivity index (χ1n) is 7.90. The molecule has 0 radical (unpaired) electrons. The highest BCUT2D eigenvalue weighted by Crippen LogP contribution is 2.27. The summed E-state index contributed by atoms with van der Waals surface area (Å²) in [6.07, 6.45) is 1.54. The third-order valence-electron chi connectivity index (χ3n) is 3.78. The van der Waals surface area contributed by atoms with E-state index < -0.39 is 5.82 Å². The molecule has 0 aliphatic rings. The number of amides is 1. The SMILES string of the molecule is COc1ccc(F)c(-c2cc(C)n3cnc(C(=O)NC(C)C)c3n2)c1. The highest BCUT2D eigenvalue weighted by molar-refractivity contribution is 5.98. The number of benzene rings is 1. The van der Waals surface area contributed by atoms with E-state index in [-0.39, 0.29) is 17.6 Å². The zero-order valence-corrected chi connectivity index (χ0v) is 14.5. The Morgan fingerprint density at radius 3 is 2.76 bits per heavy atom.